The average molecular weight is 284 g/mol. The molecule has 0 bridgehead atoms. The minimum absolute atomic E-state index is 0.0306. The lowest BCUT2D eigenvalue weighted by Crippen LogP contribution is -2.32. The Hall–Kier alpha value is -0.343. The van der Waals surface area contributed by atoms with Gasteiger partial charge in [-0.3, -0.25) is 0 Å². The summed E-state index contributed by atoms with van der Waals surface area (Å²) in [6, 6.07) is 0. The maximum Gasteiger partial charge on any atom is 0.158 e. The van der Waals surface area contributed by atoms with Crippen molar-refractivity contribution in [2.24, 2.45) is 5.92 Å². The quantitative estimate of drug-likeness (QED) is 0.623. The molecule has 4 heteroatoms. The zero-order valence-electron chi connectivity index (χ0n) is 12.7. The summed E-state index contributed by atoms with van der Waals surface area (Å²) in [5, 5.41) is 9.33. The number of aliphatic hydroxyl groups excluding tert-OH is 1. The van der Waals surface area contributed by atoms with Gasteiger partial charge in [0, 0.05) is 25.6 Å². The van der Waals surface area contributed by atoms with E-state index in [1.807, 2.05) is 6.92 Å². The van der Waals surface area contributed by atoms with Gasteiger partial charge < -0.3 is 14.6 Å². The largest absolute Gasteiger partial charge is 0.396 e. The first kappa shape index (κ1) is 16.7. The lowest BCUT2D eigenvalue weighted by atomic mass is 10.0. The van der Waals surface area contributed by atoms with Crippen molar-refractivity contribution in [1.82, 2.24) is 0 Å². The van der Waals surface area contributed by atoms with Crippen LogP contribution in [0, 0.1) is 17.4 Å². The third-order valence-electron chi connectivity index (χ3n) is 3.15. The monoisotopic (exact) mass is 284 g/mol. The van der Waals surface area contributed by atoms with E-state index in [1.165, 1.54) is 0 Å². The predicted octanol–water partition coefficient (Wildman–Crippen LogP) is 2.80. The maximum absolute atomic E-state index is 9.33. The Labute approximate surface area is 118 Å². The standard InChI is InChI=1S/C15H28O3Si/c1-13(12-16)14(8-7-11-19(2,3)4)18-15-9-5-6-10-17-15/h13-16H,5-6,8-10,12H2,1-4H3/t13-,14+,15?/m1/s1. The van der Waals surface area contributed by atoms with Crippen molar-refractivity contribution < 1.29 is 14.6 Å². The molecule has 1 aliphatic heterocycles. The molecule has 1 rings (SSSR count). The zero-order chi connectivity index (χ0) is 14.3. The number of hydrogen-bond acceptors (Lipinski definition) is 3. The molecule has 0 aromatic heterocycles. The van der Waals surface area contributed by atoms with Crippen molar-refractivity contribution in [2.45, 2.75) is 64.6 Å². The van der Waals surface area contributed by atoms with Gasteiger partial charge in [0.05, 0.1) is 6.10 Å². The van der Waals surface area contributed by atoms with Crippen molar-refractivity contribution in [3.05, 3.63) is 0 Å². The summed E-state index contributed by atoms with van der Waals surface area (Å²) in [5.41, 5.74) is 3.35. The molecule has 1 saturated heterocycles. The smallest absolute Gasteiger partial charge is 0.158 e. The van der Waals surface area contributed by atoms with Crippen LogP contribution in [0.4, 0.5) is 0 Å². The second kappa shape index (κ2) is 8.06. The number of rotatable bonds is 5. The fourth-order valence-corrected chi connectivity index (χ4v) is 2.56. The van der Waals surface area contributed by atoms with E-state index in [-0.39, 0.29) is 24.9 Å². The highest BCUT2D eigenvalue weighted by Gasteiger charge is 2.23. The number of aliphatic hydroxyl groups is 1. The summed E-state index contributed by atoms with van der Waals surface area (Å²) in [4.78, 5) is 0. The molecule has 0 radical (unpaired) electrons. The first-order chi connectivity index (χ1) is 8.92. The highest BCUT2D eigenvalue weighted by molar-refractivity contribution is 6.83. The lowest BCUT2D eigenvalue weighted by Gasteiger charge is -2.29. The van der Waals surface area contributed by atoms with Gasteiger partial charge in [-0.2, -0.15) is 0 Å². The van der Waals surface area contributed by atoms with Crippen molar-refractivity contribution in [3.8, 4) is 11.5 Å². The highest BCUT2D eigenvalue weighted by Crippen LogP contribution is 2.20. The molecule has 1 unspecified atom stereocenters. The molecule has 1 heterocycles. The first-order valence-electron chi connectivity index (χ1n) is 7.30. The molecule has 110 valence electrons. The maximum atomic E-state index is 9.33. The molecular weight excluding hydrogens is 256 g/mol. The van der Waals surface area contributed by atoms with Crippen LogP contribution in [-0.4, -0.2) is 38.8 Å². The van der Waals surface area contributed by atoms with Gasteiger partial charge in [-0.05, 0) is 19.3 Å². The molecule has 0 aliphatic carbocycles. The van der Waals surface area contributed by atoms with Crippen LogP contribution in [0.15, 0.2) is 0 Å². The van der Waals surface area contributed by atoms with E-state index in [0.717, 1.165) is 25.9 Å². The molecular formula is C15H28O3Si. The molecule has 3 nitrogen and oxygen atoms in total. The third-order valence-corrected chi connectivity index (χ3v) is 4.08. The van der Waals surface area contributed by atoms with Crippen LogP contribution in [0.25, 0.3) is 0 Å². The second-order valence-electron chi connectivity index (χ2n) is 6.39. The van der Waals surface area contributed by atoms with Crippen molar-refractivity contribution >= 4 is 8.07 Å². The summed E-state index contributed by atoms with van der Waals surface area (Å²) >= 11 is 0. The summed E-state index contributed by atoms with van der Waals surface area (Å²) in [5.74, 6) is 3.35. The normalized spacial score (nSPS) is 23.3. The average Bonchev–Trinajstić information content (AvgIpc) is 2.36. The summed E-state index contributed by atoms with van der Waals surface area (Å²) in [7, 11) is -1.33. The lowest BCUT2D eigenvalue weighted by molar-refractivity contribution is -0.198. The van der Waals surface area contributed by atoms with Crippen LogP contribution in [0.5, 0.6) is 0 Å². The Morgan fingerprint density at radius 2 is 2.11 bits per heavy atom. The molecule has 3 atom stereocenters. The Bertz CT molecular complexity index is 308. The van der Waals surface area contributed by atoms with E-state index in [0.29, 0.717) is 6.42 Å². The summed E-state index contributed by atoms with van der Waals surface area (Å²) < 4.78 is 11.6. The zero-order valence-corrected chi connectivity index (χ0v) is 13.7. The van der Waals surface area contributed by atoms with Crippen molar-refractivity contribution in [1.29, 1.82) is 0 Å². The molecule has 1 fully saturated rings. The fourth-order valence-electron chi connectivity index (χ4n) is 1.93. The molecule has 0 aromatic carbocycles. The van der Waals surface area contributed by atoms with Gasteiger partial charge in [-0.15, -0.1) is 11.5 Å². The molecule has 1 N–H and O–H groups in total. The van der Waals surface area contributed by atoms with Gasteiger partial charge >= 0.3 is 0 Å². The Balaban J connectivity index is 2.53. The van der Waals surface area contributed by atoms with Gasteiger partial charge in [-0.25, -0.2) is 0 Å². The van der Waals surface area contributed by atoms with Crippen LogP contribution >= 0.6 is 0 Å². The van der Waals surface area contributed by atoms with Crippen molar-refractivity contribution in [3.63, 3.8) is 0 Å². The topological polar surface area (TPSA) is 38.7 Å². The summed E-state index contributed by atoms with van der Waals surface area (Å²) in [6.07, 6.45) is 3.78. The molecule has 0 aromatic rings. The number of ether oxygens (including phenoxy) is 2. The van der Waals surface area contributed by atoms with Crippen LogP contribution in [-0.2, 0) is 9.47 Å². The van der Waals surface area contributed by atoms with Crippen LogP contribution in [0.2, 0.25) is 19.6 Å². The van der Waals surface area contributed by atoms with E-state index in [4.69, 9.17) is 9.47 Å². The van der Waals surface area contributed by atoms with Gasteiger partial charge in [-0.1, -0.05) is 26.6 Å². The van der Waals surface area contributed by atoms with Gasteiger partial charge in [0.25, 0.3) is 0 Å². The number of hydrogen-bond donors (Lipinski definition) is 1. The Morgan fingerprint density at radius 3 is 2.63 bits per heavy atom. The van der Waals surface area contributed by atoms with Crippen LogP contribution < -0.4 is 0 Å². The van der Waals surface area contributed by atoms with E-state index in [1.54, 1.807) is 0 Å². The Morgan fingerprint density at radius 1 is 1.37 bits per heavy atom. The van der Waals surface area contributed by atoms with Crippen LogP contribution in [0.3, 0.4) is 0 Å². The van der Waals surface area contributed by atoms with E-state index >= 15 is 0 Å². The minimum Gasteiger partial charge on any atom is -0.396 e. The predicted molar refractivity (Wildman–Crippen MR) is 80.5 cm³/mol. The van der Waals surface area contributed by atoms with E-state index in [9.17, 15) is 5.11 Å². The summed E-state index contributed by atoms with van der Waals surface area (Å²) in [6.45, 7) is 9.61. The first-order valence-corrected chi connectivity index (χ1v) is 10.8. The third kappa shape index (κ3) is 7.12. The van der Waals surface area contributed by atoms with E-state index in [2.05, 4.69) is 31.1 Å². The van der Waals surface area contributed by atoms with Gasteiger partial charge in [0.2, 0.25) is 0 Å². The molecule has 1 aliphatic rings. The van der Waals surface area contributed by atoms with E-state index < -0.39 is 8.07 Å². The molecule has 19 heavy (non-hydrogen) atoms. The minimum atomic E-state index is -1.33. The Kier molecular flexibility index (Phi) is 7.09. The second-order valence-corrected chi connectivity index (χ2v) is 11.1. The highest BCUT2D eigenvalue weighted by atomic mass is 28.3. The van der Waals surface area contributed by atoms with Gasteiger partial charge in [0.1, 0.15) is 8.07 Å². The van der Waals surface area contributed by atoms with Gasteiger partial charge in [0.15, 0.2) is 6.29 Å². The molecule has 0 spiro atoms. The fraction of sp³-hybridized carbons (Fsp3) is 0.867. The molecule has 0 saturated carbocycles. The van der Waals surface area contributed by atoms with Crippen molar-refractivity contribution in [2.75, 3.05) is 13.2 Å². The SMILES string of the molecule is C[C@H](CO)[C@H](CC#C[Si](C)(C)C)OC1CCCCO1. The van der Waals surface area contributed by atoms with Crippen LogP contribution in [0.1, 0.15) is 32.6 Å². The molecule has 0 amide bonds.